The molecule has 0 amide bonds. The van der Waals surface area contributed by atoms with Gasteiger partial charge in [0, 0.05) is 19.6 Å². The fourth-order valence-electron chi connectivity index (χ4n) is 3.31. The van der Waals surface area contributed by atoms with Crippen LogP contribution in [0.2, 0.25) is 0 Å². The third-order valence-corrected chi connectivity index (χ3v) is 6.66. The molecule has 0 saturated carbocycles. The Morgan fingerprint density at radius 3 is 2.19 bits per heavy atom. The second-order valence-corrected chi connectivity index (χ2v) is 7.85. The van der Waals surface area contributed by atoms with E-state index in [-0.39, 0.29) is 4.75 Å². The van der Waals surface area contributed by atoms with Crippen LogP contribution in [0.15, 0.2) is 12.1 Å². The lowest BCUT2D eigenvalue weighted by Crippen LogP contribution is -2.49. The highest BCUT2D eigenvalue weighted by Gasteiger charge is 2.36. The maximum absolute atomic E-state index is 5.97. The number of likely N-dealkylation sites (tertiary alicyclic amines) is 1. The molecule has 0 aliphatic carbocycles. The van der Waals surface area contributed by atoms with Crippen LogP contribution in [0.1, 0.15) is 35.1 Å². The summed E-state index contributed by atoms with van der Waals surface area (Å²) in [5, 5.41) is 0. The van der Waals surface area contributed by atoms with Crippen LogP contribution in [0.3, 0.4) is 0 Å². The van der Waals surface area contributed by atoms with E-state index in [1.165, 1.54) is 22.3 Å². The average molecular weight is 323 g/mol. The van der Waals surface area contributed by atoms with E-state index in [0.29, 0.717) is 4.99 Å². The first kappa shape index (κ1) is 16.8. The van der Waals surface area contributed by atoms with Gasteiger partial charge in [-0.1, -0.05) is 29.9 Å². The van der Waals surface area contributed by atoms with E-state index in [4.69, 9.17) is 18.0 Å². The van der Waals surface area contributed by atoms with Gasteiger partial charge in [-0.25, -0.2) is 0 Å². The van der Waals surface area contributed by atoms with Crippen molar-refractivity contribution in [2.24, 2.45) is 5.73 Å². The maximum atomic E-state index is 5.97. The molecule has 0 atom stereocenters. The number of hydrogen-bond acceptors (Lipinski definition) is 3. The molecule has 1 aromatic carbocycles. The van der Waals surface area contributed by atoms with Crippen LogP contribution in [0.5, 0.6) is 0 Å². The fraction of sp³-hybridized carbons (Fsp3) is 0.588. The zero-order valence-corrected chi connectivity index (χ0v) is 15.2. The lowest BCUT2D eigenvalue weighted by molar-refractivity contribution is 0.212. The summed E-state index contributed by atoms with van der Waals surface area (Å²) in [6.07, 6.45) is 4.25. The molecule has 0 spiro atoms. The van der Waals surface area contributed by atoms with Crippen molar-refractivity contribution >= 4 is 29.0 Å². The number of benzene rings is 1. The summed E-state index contributed by atoms with van der Waals surface area (Å²) < 4.78 is 0.0171. The summed E-state index contributed by atoms with van der Waals surface area (Å²) in [4.78, 5) is 3.22. The van der Waals surface area contributed by atoms with Gasteiger partial charge in [0.2, 0.25) is 0 Å². The van der Waals surface area contributed by atoms with Gasteiger partial charge in [0.25, 0.3) is 0 Å². The Morgan fingerprint density at radius 2 is 1.76 bits per heavy atom. The Hall–Kier alpha value is -0.580. The number of rotatable bonds is 4. The molecule has 2 nitrogen and oxygen atoms in total. The van der Waals surface area contributed by atoms with Gasteiger partial charge in [0.05, 0.1) is 9.74 Å². The maximum Gasteiger partial charge on any atom is 0.0891 e. The highest BCUT2D eigenvalue weighted by Crippen LogP contribution is 2.35. The molecule has 1 aliphatic rings. The number of thiocarbonyl (C=S) groups is 1. The SMILES string of the molecule is CSC1(C(N)=S)CCN(Cc2c(C)cc(C)cc2C)CC1. The van der Waals surface area contributed by atoms with Crippen molar-refractivity contribution in [1.29, 1.82) is 0 Å². The molecular weight excluding hydrogens is 296 g/mol. The third-order valence-electron chi connectivity index (χ3n) is 4.73. The van der Waals surface area contributed by atoms with E-state index in [1.54, 1.807) is 0 Å². The molecule has 2 N–H and O–H groups in total. The minimum absolute atomic E-state index is 0.0171. The van der Waals surface area contributed by atoms with Crippen molar-refractivity contribution in [3.05, 3.63) is 34.4 Å². The molecule has 0 aromatic heterocycles. The Bertz CT molecular complexity index is 509. The molecule has 1 aromatic rings. The third kappa shape index (κ3) is 3.61. The van der Waals surface area contributed by atoms with E-state index in [1.807, 2.05) is 11.8 Å². The van der Waals surface area contributed by atoms with E-state index in [0.717, 1.165) is 32.5 Å². The van der Waals surface area contributed by atoms with Crippen molar-refractivity contribution < 1.29 is 0 Å². The summed E-state index contributed by atoms with van der Waals surface area (Å²) in [6, 6.07) is 4.57. The minimum atomic E-state index is 0.0171. The van der Waals surface area contributed by atoms with Gasteiger partial charge in [-0.15, -0.1) is 0 Å². The Morgan fingerprint density at radius 1 is 1.24 bits per heavy atom. The van der Waals surface area contributed by atoms with Crippen LogP contribution in [-0.4, -0.2) is 34.0 Å². The molecule has 21 heavy (non-hydrogen) atoms. The number of thioether (sulfide) groups is 1. The molecule has 1 aliphatic heterocycles. The lowest BCUT2D eigenvalue weighted by Gasteiger charge is -2.40. The van der Waals surface area contributed by atoms with Gasteiger partial charge in [0.15, 0.2) is 0 Å². The van der Waals surface area contributed by atoms with Crippen molar-refractivity contribution in [1.82, 2.24) is 4.90 Å². The van der Waals surface area contributed by atoms with Crippen LogP contribution < -0.4 is 5.73 Å². The highest BCUT2D eigenvalue weighted by molar-refractivity contribution is 8.02. The van der Waals surface area contributed by atoms with Gasteiger partial charge in [-0.2, -0.15) is 11.8 Å². The highest BCUT2D eigenvalue weighted by atomic mass is 32.2. The van der Waals surface area contributed by atoms with E-state index in [9.17, 15) is 0 Å². The molecule has 1 saturated heterocycles. The largest absolute Gasteiger partial charge is 0.392 e. The van der Waals surface area contributed by atoms with E-state index in [2.05, 4.69) is 44.1 Å². The average Bonchev–Trinajstić information content (AvgIpc) is 2.43. The first-order chi connectivity index (χ1) is 9.88. The zero-order chi connectivity index (χ0) is 15.6. The van der Waals surface area contributed by atoms with Crippen molar-refractivity contribution in [2.75, 3.05) is 19.3 Å². The number of nitrogens with two attached hydrogens (primary N) is 1. The molecule has 116 valence electrons. The Kier molecular flexibility index (Phi) is 5.33. The quantitative estimate of drug-likeness (QED) is 0.858. The minimum Gasteiger partial charge on any atom is -0.392 e. The number of hydrogen-bond donors (Lipinski definition) is 1. The second-order valence-electron chi connectivity index (χ2n) is 6.22. The van der Waals surface area contributed by atoms with Crippen molar-refractivity contribution in [2.45, 2.75) is 44.9 Å². The van der Waals surface area contributed by atoms with Crippen LogP contribution in [-0.2, 0) is 6.54 Å². The molecule has 2 rings (SSSR count). The standard InChI is InChI=1S/C17H26N2S2/c1-12-9-13(2)15(14(3)10-12)11-19-7-5-17(21-4,6-8-19)16(18)20/h9-10H,5-8,11H2,1-4H3,(H2,18,20). The molecule has 0 radical (unpaired) electrons. The predicted molar refractivity (Wildman–Crippen MR) is 98.2 cm³/mol. The number of nitrogens with zero attached hydrogens (tertiary/aromatic N) is 1. The van der Waals surface area contributed by atoms with Gasteiger partial charge in [0.1, 0.15) is 0 Å². The Labute approximate surface area is 138 Å². The van der Waals surface area contributed by atoms with Gasteiger partial charge >= 0.3 is 0 Å². The normalized spacial score (nSPS) is 18.7. The van der Waals surface area contributed by atoms with Crippen LogP contribution in [0.4, 0.5) is 0 Å². The number of piperidine rings is 1. The molecule has 4 heteroatoms. The van der Waals surface area contributed by atoms with E-state index < -0.39 is 0 Å². The zero-order valence-electron chi connectivity index (χ0n) is 13.5. The molecule has 0 bridgehead atoms. The topological polar surface area (TPSA) is 29.3 Å². The molecule has 0 unspecified atom stereocenters. The van der Waals surface area contributed by atoms with Gasteiger partial charge in [-0.05, 0) is 56.6 Å². The van der Waals surface area contributed by atoms with E-state index >= 15 is 0 Å². The van der Waals surface area contributed by atoms with Gasteiger partial charge < -0.3 is 5.73 Å². The smallest absolute Gasteiger partial charge is 0.0891 e. The molecular formula is C17H26N2S2. The second kappa shape index (κ2) is 6.67. The molecule has 1 fully saturated rings. The predicted octanol–water partition coefficient (Wildman–Crippen LogP) is 3.60. The van der Waals surface area contributed by atoms with Crippen LogP contribution in [0.25, 0.3) is 0 Å². The first-order valence-corrected chi connectivity index (χ1v) is 9.15. The van der Waals surface area contributed by atoms with Crippen molar-refractivity contribution in [3.63, 3.8) is 0 Å². The summed E-state index contributed by atoms with van der Waals surface area (Å²) in [6.45, 7) is 9.80. The fourth-order valence-corrected chi connectivity index (χ4v) is 4.55. The van der Waals surface area contributed by atoms with Crippen LogP contribution in [0, 0.1) is 20.8 Å². The van der Waals surface area contributed by atoms with Crippen molar-refractivity contribution in [3.8, 4) is 0 Å². The Balaban J connectivity index is 2.06. The lowest BCUT2D eigenvalue weighted by atomic mass is 9.94. The summed E-state index contributed by atoms with van der Waals surface area (Å²) >= 11 is 7.11. The summed E-state index contributed by atoms with van der Waals surface area (Å²) in [7, 11) is 0. The monoisotopic (exact) mass is 322 g/mol. The van der Waals surface area contributed by atoms with Gasteiger partial charge in [-0.3, -0.25) is 4.90 Å². The summed E-state index contributed by atoms with van der Waals surface area (Å²) in [5.74, 6) is 0. The first-order valence-electron chi connectivity index (χ1n) is 7.52. The van der Waals surface area contributed by atoms with Crippen LogP contribution >= 0.6 is 24.0 Å². The molecule has 1 heterocycles. The number of aryl methyl sites for hydroxylation is 3. The summed E-state index contributed by atoms with van der Waals surface area (Å²) in [5.41, 5.74) is 11.6.